The van der Waals surface area contributed by atoms with Gasteiger partial charge in [0.2, 0.25) is 5.95 Å². The smallest absolute Gasteiger partial charge is 0.272 e. The molecule has 4 heterocycles. The Morgan fingerprint density at radius 1 is 1.00 bits per heavy atom. The minimum atomic E-state index is -0.198. The molecule has 3 aromatic heterocycles. The van der Waals surface area contributed by atoms with Crippen molar-refractivity contribution < 1.29 is 4.79 Å². The molecular formula is C27H30N8O. The van der Waals surface area contributed by atoms with Gasteiger partial charge < -0.3 is 25.8 Å². The lowest BCUT2D eigenvalue weighted by molar-refractivity contribution is 0.102. The molecule has 1 aromatic carbocycles. The monoisotopic (exact) mass is 482 g/mol. The molecule has 0 radical (unpaired) electrons. The van der Waals surface area contributed by atoms with Crippen LogP contribution in [0.4, 0.5) is 23.1 Å². The van der Waals surface area contributed by atoms with Crippen molar-refractivity contribution >= 4 is 40.1 Å². The number of pyridine rings is 1. The molecule has 9 heteroatoms. The Morgan fingerprint density at radius 2 is 1.81 bits per heavy atom. The Morgan fingerprint density at radius 3 is 2.56 bits per heavy atom. The number of nitrogens with one attached hydrogen (secondary N) is 4. The number of nitrogens with zero attached hydrogens (tertiary/aromatic N) is 4. The molecule has 1 aliphatic carbocycles. The minimum Gasteiger partial charge on any atom is -0.368 e. The van der Waals surface area contributed by atoms with Crippen LogP contribution < -0.4 is 20.9 Å². The van der Waals surface area contributed by atoms with Gasteiger partial charge in [-0.15, -0.1) is 0 Å². The van der Waals surface area contributed by atoms with Gasteiger partial charge in [0.05, 0.1) is 17.6 Å². The number of amides is 1. The number of anilines is 4. The fraction of sp³-hybridized carbons (Fsp3) is 0.333. The van der Waals surface area contributed by atoms with Gasteiger partial charge in [-0.2, -0.15) is 4.98 Å². The summed E-state index contributed by atoms with van der Waals surface area (Å²) in [7, 11) is 0. The summed E-state index contributed by atoms with van der Waals surface area (Å²) in [6.45, 7) is 3.93. The summed E-state index contributed by atoms with van der Waals surface area (Å²) in [4.78, 5) is 32.7. The number of para-hydroxylation sites is 1. The molecule has 1 amide bonds. The third-order valence-electron chi connectivity index (χ3n) is 7.00. The average molecular weight is 483 g/mol. The van der Waals surface area contributed by atoms with E-state index in [-0.39, 0.29) is 5.91 Å². The van der Waals surface area contributed by atoms with E-state index in [1.165, 1.54) is 12.8 Å². The van der Waals surface area contributed by atoms with Crippen LogP contribution in [0.3, 0.4) is 0 Å². The molecule has 36 heavy (non-hydrogen) atoms. The van der Waals surface area contributed by atoms with E-state index < -0.39 is 0 Å². The maximum atomic E-state index is 12.9. The van der Waals surface area contributed by atoms with E-state index in [0.29, 0.717) is 29.0 Å². The largest absolute Gasteiger partial charge is 0.368 e. The molecular weight excluding hydrogens is 452 g/mol. The fourth-order valence-electron chi connectivity index (χ4n) is 5.13. The maximum absolute atomic E-state index is 12.9. The van der Waals surface area contributed by atoms with Crippen LogP contribution in [0.25, 0.3) is 11.0 Å². The van der Waals surface area contributed by atoms with Gasteiger partial charge in [-0.3, -0.25) is 4.79 Å². The zero-order valence-corrected chi connectivity index (χ0v) is 20.1. The summed E-state index contributed by atoms with van der Waals surface area (Å²) < 4.78 is 0. The second-order valence-electron chi connectivity index (χ2n) is 9.44. The zero-order valence-electron chi connectivity index (χ0n) is 20.1. The maximum Gasteiger partial charge on any atom is 0.272 e. The first-order valence-corrected chi connectivity index (χ1v) is 12.7. The Labute approximate surface area is 209 Å². The Bertz CT molecular complexity index is 1340. The number of hydrogen-bond acceptors (Lipinski definition) is 7. The number of H-pyrrole nitrogens is 1. The van der Waals surface area contributed by atoms with Gasteiger partial charge in [-0.1, -0.05) is 31.0 Å². The molecule has 6 rings (SSSR count). The molecule has 2 fully saturated rings. The van der Waals surface area contributed by atoms with Crippen LogP contribution in [0.1, 0.15) is 47.8 Å². The summed E-state index contributed by atoms with van der Waals surface area (Å²) >= 11 is 0. The van der Waals surface area contributed by atoms with Crippen LogP contribution in [-0.4, -0.2) is 52.0 Å². The van der Waals surface area contributed by atoms with Crippen LogP contribution in [0.2, 0.25) is 0 Å². The van der Waals surface area contributed by atoms with Crippen LogP contribution in [0, 0.1) is 0 Å². The molecule has 0 spiro atoms. The number of piperazine rings is 1. The molecule has 0 atom stereocenters. The normalized spacial score (nSPS) is 16.4. The Balaban J connectivity index is 1.28. The van der Waals surface area contributed by atoms with Crippen molar-refractivity contribution in [3.8, 4) is 0 Å². The third kappa shape index (κ3) is 4.74. The number of benzene rings is 1. The van der Waals surface area contributed by atoms with Gasteiger partial charge in [-0.25, -0.2) is 9.97 Å². The van der Waals surface area contributed by atoms with Gasteiger partial charge in [0.25, 0.3) is 5.91 Å². The lowest BCUT2D eigenvalue weighted by atomic mass is 10.0. The van der Waals surface area contributed by atoms with E-state index in [1.54, 1.807) is 0 Å². The highest BCUT2D eigenvalue weighted by molar-refractivity contribution is 6.05. The number of fused-ring (bicyclic) bond motifs is 1. The molecule has 184 valence electrons. The Hall–Kier alpha value is -3.98. The van der Waals surface area contributed by atoms with Crippen molar-refractivity contribution in [2.45, 2.75) is 31.6 Å². The van der Waals surface area contributed by atoms with Crippen molar-refractivity contribution in [2.24, 2.45) is 0 Å². The molecule has 1 aliphatic heterocycles. The number of hydrogen-bond donors (Lipinski definition) is 4. The molecule has 1 saturated heterocycles. The second kappa shape index (κ2) is 9.94. The van der Waals surface area contributed by atoms with E-state index in [1.807, 2.05) is 48.7 Å². The van der Waals surface area contributed by atoms with Crippen LogP contribution in [0.5, 0.6) is 0 Å². The lowest BCUT2D eigenvalue weighted by Gasteiger charge is -2.29. The first-order valence-electron chi connectivity index (χ1n) is 12.7. The summed E-state index contributed by atoms with van der Waals surface area (Å²) in [5, 5.41) is 10.5. The van der Waals surface area contributed by atoms with E-state index in [0.717, 1.165) is 61.5 Å². The van der Waals surface area contributed by atoms with Crippen LogP contribution >= 0.6 is 0 Å². The number of rotatable bonds is 6. The quantitative estimate of drug-likeness (QED) is 0.322. The predicted octanol–water partition coefficient (Wildman–Crippen LogP) is 4.42. The van der Waals surface area contributed by atoms with Crippen LogP contribution in [0.15, 0.2) is 54.7 Å². The van der Waals surface area contributed by atoms with Crippen molar-refractivity contribution in [3.05, 3.63) is 66.1 Å². The first-order chi connectivity index (χ1) is 17.7. The molecule has 0 unspecified atom stereocenters. The standard InChI is InChI=1S/C27H30N8O/c36-26(30-19-8-2-1-3-9-19)22-16-21-24(18-6-4-5-7-18)33-27(34-25(21)31-22)32-23-11-10-20(17-29-23)35-14-12-28-13-15-35/h1-3,8-11,16-18,28H,4-7,12-15H2,(H,30,36)(H2,29,31,32,33,34). The predicted molar refractivity (Wildman–Crippen MR) is 142 cm³/mol. The highest BCUT2D eigenvalue weighted by atomic mass is 16.1. The second-order valence-corrected chi connectivity index (χ2v) is 9.44. The molecule has 2 aliphatic rings. The van der Waals surface area contributed by atoms with Crippen molar-refractivity contribution in [2.75, 3.05) is 41.7 Å². The average Bonchev–Trinajstić information content (AvgIpc) is 3.61. The summed E-state index contributed by atoms with van der Waals surface area (Å²) in [6.07, 6.45) is 6.48. The number of carbonyl (C=O) groups excluding carboxylic acids is 1. The SMILES string of the molecule is O=C(Nc1ccccc1)c1cc2c(C3CCCC3)nc(Nc3ccc(N4CCNCC4)cn3)nc2[nH]1. The summed E-state index contributed by atoms with van der Waals surface area (Å²) in [5.41, 5.74) is 3.99. The zero-order chi connectivity index (χ0) is 24.3. The van der Waals surface area contributed by atoms with E-state index >= 15 is 0 Å². The van der Waals surface area contributed by atoms with Crippen molar-refractivity contribution in [3.63, 3.8) is 0 Å². The Kier molecular flexibility index (Phi) is 6.21. The summed E-state index contributed by atoms with van der Waals surface area (Å²) in [6, 6.07) is 15.4. The number of carbonyl (C=O) groups is 1. The van der Waals surface area contributed by atoms with Crippen molar-refractivity contribution in [1.29, 1.82) is 0 Å². The van der Waals surface area contributed by atoms with E-state index in [2.05, 4.69) is 36.9 Å². The van der Waals surface area contributed by atoms with E-state index in [9.17, 15) is 4.79 Å². The van der Waals surface area contributed by atoms with Gasteiger partial charge >= 0.3 is 0 Å². The molecule has 4 aromatic rings. The lowest BCUT2D eigenvalue weighted by Crippen LogP contribution is -2.43. The van der Waals surface area contributed by atoms with Crippen molar-refractivity contribution in [1.82, 2.24) is 25.3 Å². The minimum absolute atomic E-state index is 0.198. The molecule has 4 N–H and O–H groups in total. The summed E-state index contributed by atoms with van der Waals surface area (Å²) in [5.74, 6) is 1.35. The molecule has 1 saturated carbocycles. The fourth-order valence-corrected chi connectivity index (χ4v) is 5.13. The van der Waals surface area contributed by atoms with E-state index in [4.69, 9.17) is 9.97 Å². The van der Waals surface area contributed by atoms with Crippen LogP contribution in [-0.2, 0) is 0 Å². The van der Waals surface area contributed by atoms with Gasteiger partial charge in [0, 0.05) is 43.2 Å². The molecule has 9 nitrogen and oxygen atoms in total. The van der Waals surface area contributed by atoms with Gasteiger partial charge in [0.15, 0.2) is 0 Å². The van der Waals surface area contributed by atoms with Gasteiger partial charge in [-0.05, 0) is 43.2 Å². The number of aromatic amines is 1. The first kappa shape index (κ1) is 22.5. The number of aromatic nitrogens is 4. The molecule has 0 bridgehead atoms. The topological polar surface area (TPSA) is 111 Å². The third-order valence-corrected chi connectivity index (χ3v) is 7.00. The van der Waals surface area contributed by atoms with Gasteiger partial charge in [0.1, 0.15) is 17.2 Å². The highest BCUT2D eigenvalue weighted by Gasteiger charge is 2.24. The highest BCUT2D eigenvalue weighted by Crippen LogP contribution is 2.37.